The van der Waals surface area contributed by atoms with Crippen molar-refractivity contribution in [1.82, 2.24) is 5.32 Å². The molecule has 15 heavy (non-hydrogen) atoms. The highest BCUT2D eigenvalue weighted by molar-refractivity contribution is 5.83. The third kappa shape index (κ3) is 1.51. The Labute approximate surface area is 89.9 Å². The molecule has 2 heterocycles. The van der Waals surface area contributed by atoms with Gasteiger partial charge in [-0.25, -0.2) is 0 Å². The van der Waals surface area contributed by atoms with Crippen molar-refractivity contribution in [2.24, 2.45) is 4.99 Å². The smallest absolute Gasteiger partial charge is 0.0973 e. The van der Waals surface area contributed by atoms with E-state index in [1.807, 2.05) is 6.92 Å². The Hall–Kier alpha value is -1.09. The third-order valence-corrected chi connectivity index (χ3v) is 3.35. The molecule has 3 aliphatic rings. The van der Waals surface area contributed by atoms with Crippen molar-refractivity contribution < 1.29 is 4.74 Å². The number of aliphatic imine (C=N–C) groups is 1. The van der Waals surface area contributed by atoms with Gasteiger partial charge in [-0.15, -0.1) is 0 Å². The predicted molar refractivity (Wildman–Crippen MR) is 60.0 cm³/mol. The first-order valence-electron chi connectivity index (χ1n) is 5.63. The van der Waals surface area contributed by atoms with Crippen molar-refractivity contribution in [1.29, 1.82) is 0 Å². The van der Waals surface area contributed by atoms with Crippen LogP contribution in [0.2, 0.25) is 0 Å². The molecule has 0 spiro atoms. The molecule has 0 aromatic carbocycles. The van der Waals surface area contributed by atoms with Crippen LogP contribution in [0.3, 0.4) is 0 Å². The van der Waals surface area contributed by atoms with Crippen LogP contribution in [0.25, 0.3) is 0 Å². The van der Waals surface area contributed by atoms with Gasteiger partial charge in [0.05, 0.1) is 31.1 Å². The monoisotopic (exact) mass is 204 g/mol. The van der Waals surface area contributed by atoms with Gasteiger partial charge < -0.3 is 10.1 Å². The number of rotatable bonds is 0. The summed E-state index contributed by atoms with van der Waals surface area (Å²) in [5.41, 5.74) is 2.94. The van der Waals surface area contributed by atoms with E-state index in [2.05, 4.69) is 22.5 Å². The Kier molecular flexibility index (Phi) is 2.13. The van der Waals surface area contributed by atoms with Crippen molar-refractivity contribution in [3.63, 3.8) is 0 Å². The van der Waals surface area contributed by atoms with Crippen LogP contribution < -0.4 is 5.32 Å². The van der Waals surface area contributed by atoms with Gasteiger partial charge in [0.2, 0.25) is 0 Å². The van der Waals surface area contributed by atoms with Gasteiger partial charge in [-0.1, -0.05) is 12.2 Å². The lowest BCUT2D eigenvalue weighted by Gasteiger charge is -2.23. The molecule has 3 rings (SSSR count). The molecule has 0 saturated heterocycles. The maximum absolute atomic E-state index is 5.52. The third-order valence-electron chi connectivity index (χ3n) is 3.35. The van der Waals surface area contributed by atoms with Gasteiger partial charge in [0.15, 0.2) is 0 Å². The molecule has 0 bridgehead atoms. The highest BCUT2D eigenvalue weighted by Gasteiger charge is 2.32. The summed E-state index contributed by atoms with van der Waals surface area (Å²) in [6, 6.07) is 0.730. The first-order chi connectivity index (χ1) is 7.34. The van der Waals surface area contributed by atoms with Crippen molar-refractivity contribution in [3.05, 3.63) is 23.3 Å². The molecule has 80 valence electrons. The van der Waals surface area contributed by atoms with E-state index in [0.717, 1.165) is 31.9 Å². The maximum Gasteiger partial charge on any atom is 0.0973 e. The lowest BCUT2D eigenvalue weighted by atomic mass is 9.87. The van der Waals surface area contributed by atoms with Crippen LogP contribution in [-0.4, -0.2) is 31.1 Å². The molecule has 2 aliphatic heterocycles. The van der Waals surface area contributed by atoms with E-state index >= 15 is 0 Å². The van der Waals surface area contributed by atoms with E-state index in [0.29, 0.717) is 12.1 Å². The van der Waals surface area contributed by atoms with Crippen LogP contribution in [0, 0.1) is 0 Å². The van der Waals surface area contributed by atoms with Gasteiger partial charge in [-0.3, -0.25) is 4.99 Å². The molecule has 3 heteroatoms. The minimum Gasteiger partial charge on any atom is -0.381 e. The van der Waals surface area contributed by atoms with Crippen LogP contribution >= 0.6 is 0 Å². The Balaban J connectivity index is 1.96. The first kappa shape index (κ1) is 9.16. The van der Waals surface area contributed by atoms with E-state index in [1.165, 1.54) is 11.1 Å². The molecule has 0 radical (unpaired) electrons. The van der Waals surface area contributed by atoms with E-state index in [-0.39, 0.29) is 0 Å². The van der Waals surface area contributed by atoms with Gasteiger partial charge in [0, 0.05) is 0 Å². The zero-order valence-electron chi connectivity index (χ0n) is 8.99. The number of nitrogens with zero attached hydrogens (tertiary/aromatic N) is 1. The number of allylic oxidation sites excluding steroid dienone is 1. The van der Waals surface area contributed by atoms with Crippen molar-refractivity contribution in [2.75, 3.05) is 13.2 Å². The van der Waals surface area contributed by atoms with Crippen LogP contribution in [0.15, 0.2) is 28.3 Å². The van der Waals surface area contributed by atoms with Crippen molar-refractivity contribution in [2.45, 2.75) is 31.8 Å². The van der Waals surface area contributed by atoms with Crippen molar-refractivity contribution in [3.8, 4) is 0 Å². The summed E-state index contributed by atoms with van der Waals surface area (Å²) in [5.74, 6) is 1.06. The second kappa shape index (κ2) is 3.49. The van der Waals surface area contributed by atoms with E-state index in [1.54, 1.807) is 0 Å². The number of fused-ring (bicyclic) bond motifs is 2. The number of hydrogen-bond donors (Lipinski definition) is 1. The zero-order valence-corrected chi connectivity index (χ0v) is 8.99. The molecule has 1 N–H and O–H groups in total. The van der Waals surface area contributed by atoms with Gasteiger partial charge >= 0.3 is 0 Å². The first-order valence-corrected chi connectivity index (χ1v) is 5.63. The summed E-state index contributed by atoms with van der Waals surface area (Å²) in [6.45, 7) is 3.75. The minimum absolute atomic E-state index is 0.340. The lowest BCUT2D eigenvalue weighted by Crippen LogP contribution is -2.35. The largest absolute Gasteiger partial charge is 0.381 e. The quantitative estimate of drug-likeness (QED) is 0.647. The molecule has 0 aromatic rings. The molecular formula is C12H16N2O. The summed E-state index contributed by atoms with van der Waals surface area (Å²) in [4.78, 5) is 4.68. The van der Waals surface area contributed by atoms with E-state index in [9.17, 15) is 0 Å². The molecular weight excluding hydrogens is 188 g/mol. The number of hydrogen-bond acceptors (Lipinski definition) is 3. The number of ether oxygens (including phenoxy) is 1. The summed E-state index contributed by atoms with van der Waals surface area (Å²) < 4.78 is 5.52. The average molecular weight is 204 g/mol. The molecule has 0 amide bonds. The van der Waals surface area contributed by atoms with E-state index in [4.69, 9.17) is 4.74 Å². The Morgan fingerprint density at radius 3 is 3.20 bits per heavy atom. The van der Waals surface area contributed by atoms with Crippen LogP contribution in [-0.2, 0) is 4.74 Å². The van der Waals surface area contributed by atoms with Gasteiger partial charge in [0.1, 0.15) is 0 Å². The molecule has 0 saturated carbocycles. The zero-order chi connectivity index (χ0) is 10.3. The summed E-state index contributed by atoms with van der Waals surface area (Å²) in [6.07, 6.45) is 6.59. The molecule has 1 aliphatic carbocycles. The van der Waals surface area contributed by atoms with Crippen LogP contribution in [0.1, 0.15) is 19.8 Å². The Bertz CT molecular complexity index is 368. The number of amidine groups is 1. The highest BCUT2D eigenvalue weighted by atomic mass is 16.5. The van der Waals surface area contributed by atoms with Crippen LogP contribution in [0.4, 0.5) is 0 Å². The minimum atomic E-state index is 0.340. The fourth-order valence-electron chi connectivity index (χ4n) is 2.63. The fourth-order valence-corrected chi connectivity index (χ4v) is 2.63. The Morgan fingerprint density at radius 1 is 1.40 bits per heavy atom. The second-order valence-corrected chi connectivity index (χ2v) is 4.35. The van der Waals surface area contributed by atoms with Gasteiger partial charge in [-0.2, -0.15) is 0 Å². The van der Waals surface area contributed by atoms with Gasteiger partial charge in [-0.05, 0) is 30.9 Å². The lowest BCUT2D eigenvalue weighted by molar-refractivity contribution is 0.146. The maximum atomic E-state index is 5.52. The summed E-state index contributed by atoms with van der Waals surface area (Å²) >= 11 is 0. The molecule has 2 unspecified atom stereocenters. The summed E-state index contributed by atoms with van der Waals surface area (Å²) in [5, 5.41) is 3.40. The molecule has 3 nitrogen and oxygen atoms in total. The number of nitrogens with one attached hydrogen (secondary N) is 1. The standard InChI is InChI=1S/C12H16N2O/c1-8-13-11-3-2-9-4-6-15-7-5-10(9)12(11)14-8/h2-3,11-12H,4-7H2,1H3,(H,13,14). The summed E-state index contributed by atoms with van der Waals surface area (Å²) in [7, 11) is 0. The molecule has 2 atom stereocenters. The highest BCUT2D eigenvalue weighted by Crippen LogP contribution is 2.31. The average Bonchev–Trinajstić information content (AvgIpc) is 2.48. The predicted octanol–water partition coefficient (Wildman–Crippen LogP) is 1.42. The van der Waals surface area contributed by atoms with Crippen molar-refractivity contribution >= 4 is 5.84 Å². The van der Waals surface area contributed by atoms with Crippen LogP contribution in [0.5, 0.6) is 0 Å². The molecule has 0 aromatic heterocycles. The van der Waals surface area contributed by atoms with E-state index < -0.39 is 0 Å². The van der Waals surface area contributed by atoms with Gasteiger partial charge in [0.25, 0.3) is 0 Å². The Morgan fingerprint density at radius 2 is 2.27 bits per heavy atom. The fraction of sp³-hybridized carbons (Fsp3) is 0.583. The second-order valence-electron chi connectivity index (χ2n) is 4.35. The topological polar surface area (TPSA) is 33.6 Å². The SMILES string of the molecule is CC1=NC2C3=C(C=CC2N1)CCOCC3. The molecule has 0 fully saturated rings. The normalized spacial score (nSPS) is 34.1.